The summed E-state index contributed by atoms with van der Waals surface area (Å²) < 4.78 is 65.8. The first-order valence-corrected chi connectivity index (χ1v) is 11.9. The Morgan fingerprint density at radius 3 is 2.23 bits per heavy atom. The standard InChI is InChI=1S/C21H24N2O4S.C2HF3O2/c1-21(2,24)20-13-16-17-14-22(3)11-12-27-19(17)10-9-18(16)23(20)28(25,26)15-7-5-4-6-8-15;3-2(4,5)1(6)7/h4-10,13,24H,11-12,14H2,1-3H3;(H,6,7). The van der Waals surface area contributed by atoms with Gasteiger partial charge in [-0.25, -0.2) is 17.2 Å². The van der Waals surface area contributed by atoms with Gasteiger partial charge in [0.05, 0.1) is 16.1 Å². The van der Waals surface area contributed by atoms with Gasteiger partial charge in [-0.2, -0.15) is 13.2 Å². The zero-order valence-corrected chi connectivity index (χ0v) is 20.0. The van der Waals surface area contributed by atoms with Crippen LogP contribution in [0.1, 0.15) is 25.1 Å². The molecule has 12 heteroatoms. The van der Waals surface area contributed by atoms with Gasteiger partial charge in [-0.3, -0.25) is 4.90 Å². The number of rotatable bonds is 3. The molecule has 0 spiro atoms. The number of nitrogens with zero attached hydrogens (tertiary/aromatic N) is 2. The minimum absolute atomic E-state index is 0.182. The van der Waals surface area contributed by atoms with Crippen LogP contribution in [0, 0.1) is 0 Å². The summed E-state index contributed by atoms with van der Waals surface area (Å²) >= 11 is 0. The number of carboxylic acids is 1. The molecular formula is C23H25F3N2O6S. The Bertz CT molecular complexity index is 1330. The first-order chi connectivity index (χ1) is 16.1. The number of ether oxygens (including phenoxy) is 1. The molecule has 0 radical (unpaired) electrons. The largest absolute Gasteiger partial charge is 0.492 e. The number of hydrogen-bond donors (Lipinski definition) is 2. The van der Waals surface area contributed by atoms with E-state index < -0.39 is 27.8 Å². The van der Waals surface area contributed by atoms with Crippen LogP contribution in [0.15, 0.2) is 53.4 Å². The number of benzene rings is 2. The van der Waals surface area contributed by atoms with Crippen LogP contribution in [-0.4, -0.2) is 59.8 Å². The number of fused-ring (bicyclic) bond motifs is 3. The van der Waals surface area contributed by atoms with Crippen molar-refractivity contribution in [1.29, 1.82) is 0 Å². The van der Waals surface area contributed by atoms with E-state index in [0.717, 1.165) is 23.2 Å². The van der Waals surface area contributed by atoms with Crippen LogP contribution in [0.5, 0.6) is 5.75 Å². The highest BCUT2D eigenvalue weighted by atomic mass is 32.2. The lowest BCUT2D eigenvalue weighted by Crippen LogP contribution is -2.25. The second-order valence-electron chi connectivity index (χ2n) is 8.54. The molecule has 0 unspecified atom stereocenters. The lowest BCUT2D eigenvalue weighted by atomic mass is 10.0. The fourth-order valence-corrected chi connectivity index (χ4v) is 5.30. The Balaban J connectivity index is 0.000000429. The van der Waals surface area contributed by atoms with Crippen molar-refractivity contribution in [2.75, 3.05) is 20.2 Å². The molecule has 1 aliphatic rings. The molecule has 2 aromatic carbocycles. The van der Waals surface area contributed by atoms with Crippen molar-refractivity contribution < 1.29 is 41.3 Å². The molecule has 35 heavy (non-hydrogen) atoms. The summed E-state index contributed by atoms with van der Waals surface area (Å²) in [5, 5.41) is 18.7. The normalized spacial score (nSPS) is 14.9. The van der Waals surface area contributed by atoms with Gasteiger partial charge in [0, 0.05) is 24.0 Å². The van der Waals surface area contributed by atoms with Crippen LogP contribution in [0.3, 0.4) is 0 Å². The third-order valence-corrected chi connectivity index (χ3v) is 7.06. The SMILES string of the molecule is CN1CCOc2ccc3c(cc(C(C)(C)O)n3S(=O)(=O)c3ccccc3)c2C1.O=C(O)C(F)(F)F. The average Bonchev–Trinajstić information content (AvgIpc) is 3.07. The second kappa shape index (κ2) is 9.51. The molecule has 3 aromatic rings. The van der Waals surface area contributed by atoms with Crippen molar-refractivity contribution in [2.24, 2.45) is 0 Å². The van der Waals surface area contributed by atoms with Crippen LogP contribution in [-0.2, 0) is 27.0 Å². The summed E-state index contributed by atoms with van der Waals surface area (Å²) in [4.78, 5) is 11.2. The molecular weight excluding hydrogens is 489 g/mol. The molecule has 4 rings (SSSR count). The molecule has 0 saturated heterocycles. The smallest absolute Gasteiger partial charge is 0.490 e. The zero-order chi connectivity index (χ0) is 26.2. The fraction of sp³-hybridized carbons (Fsp3) is 0.348. The molecule has 2 heterocycles. The van der Waals surface area contributed by atoms with Gasteiger partial charge in [0.25, 0.3) is 10.0 Å². The van der Waals surface area contributed by atoms with E-state index in [-0.39, 0.29) is 4.90 Å². The Kier molecular flexibility index (Phi) is 7.21. The minimum atomic E-state index is -5.08. The second-order valence-corrected chi connectivity index (χ2v) is 10.3. The van der Waals surface area contributed by atoms with E-state index in [1.165, 1.54) is 3.97 Å². The van der Waals surface area contributed by atoms with Crippen molar-refractivity contribution in [2.45, 2.75) is 37.1 Å². The van der Waals surface area contributed by atoms with Crippen LogP contribution in [0.4, 0.5) is 13.2 Å². The number of aliphatic hydroxyl groups is 1. The van der Waals surface area contributed by atoms with Gasteiger partial charge in [0.1, 0.15) is 18.0 Å². The molecule has 1 aromatic heterocycles. The molecule has 0 amide bonds. The van der Waals surface area contributed by atoms with Gasteiger partial charge in [-0.05, 0) is 51.2 Å². The van der Waals surface area contributed by atoms with E-state index in [1.54, 1.807) is 56.3 Å². The van der Waals surface area contributed by atoms with E-state index in [4.69, 9.17) is 14.6 Å². The maximum absolute atomic E-state index is 13.5. The summed E-state index contributed by atoms with van der Waals surface area (Å²) in [6, 6.07) is 13.6. The Morgan fingerprint density at radius 1 is 1.09 bits per heavy atom. The lowest BCUT2D eigenvalue weighted by molar-refractivity contribution is -0.192. The van der Waals surface area contributed by atoms with Gasteiger partial charge in [-0.15, -0.1) is 0 Å². The lowest BCUT2D eigenvalue weighted by Gasteiger charge is -2.21. The Morgan fingerprint density at radius 2 is 1.69 bits per heavy atom. The fourth-order valence-electron chi connectivity index (χ4n) is 3.64. The third-order valence-electron chi connectivity index (χ3n) is 5.32. The van der Waals surface area contributed by atoms with Crippen molar-refractivity contribution >= 4 is 26.9 Å². The summed E-state index contributed by atoms with van der Waals surface area (Å²) in [5.74, 6) is -2.00. The number of halogens is 3. The molecule has 0 bridgehead atoms. The van der Waals surface area contributed by atoms with E-state index in [1.807, 2.05) is 13.1 Å². The van der Waals surface area contributed by atoms with E-state index in [0.29, 0.717) is 24.4 Å². The van der Waals surface area contributed by atoms with E-state index >= 15 is 0 Å². The number of likely N-dealkylation sites (N-methyl/N-ethyl adjacent to an activating group) is 1. The summed E-state index contributed by atoms with van der Waals surface area (Å²) in [5.41, 5.74) is 0.459. The molecule has 190 valence electrons. The topological polar surface area (TPSA) is 109 Å². The molecule has 0 aliphatic carbocycles. The predicted molar refractivity (Wildman–Crippen MR) is 122 cm³/mol. The van der Waals surface area contributed by atoms with Crippen LogP contribution < -0.4 is 4.74 Å². The minimum Gasteiger partial charge on any atom is -0.492 e. The molecule has 0 saturated carbocycles. The number of carbonyl (C=O) groups is 1. The molecule has 0 fully saturated rings. The van der Waals surface area contributed by atoms with Gasteiger partial charge in [-0.1, -0.05) is 18.2 Å². The first kappa shape index (κ1) is 26.5. The van der Waals surface area contributed by atoms with Crippen molar-refractivity contribution in [3.05, 3.63) is 59.8 Å². The number of alkyl halides is 3. The van der Waals surface area contributed by atoms with Gasteiger partial charge in [0.2, 0.25) is 0 Å². The average molecular weight is 515 g/mol. The Hall–Kier alpha value is -3.09. The summed E-state index contributed by atoms with van der Waals surface area (Å²) in [7, 11) is -1.88. The maximum Gasteiger partial charge on any atom is 0.490 e. The summed E-state index contributed by atoms with van der Waals surface area (Å²) in [6.45, 7) is 5.21. The first-order valence-electron chi connectivity index (χ1n) is 10.5. The number of aliphatic carboxylic acids is 1. The monoisotopic (exact) mass is 514 g/mol. The van der Waals surface area contributed by atoms with Crippen LogP contribution in [0.25, 0.3) is 10.9 Å². The Labute approximate surface area is 200 Å². The van der Waals surface area contributed by atoms with Crippen LogP contribution >= 0.6 is 0 Å². The number of aromatic nitrogens is 1. The van der Waals surface area contributed by atoms with Crippen molar-refractivity contribution in [3.63, 3.8) is 0 Å². The third kappa shape index (κ3) is 5.60. The van der Waals surface area contributed by atoms with Crippen LogP contribution in [0.2, 0.25) is 0 Å². The molecule has 8 nitrogen and oxygen atoms in total. The highest BCUT2D eigenvalue weighted by molar-refractivity contribution is 7.90. The van der Waals surface area contributed by atoms with Gasteiger partial charge >= 0.3 is 12.1 Å². The van der Waals surface area contributed by atoms with Crippen molar-refractivity contribution in [3.8, 4) is 5.75 Å². The molecule has 1 aliphatic heterocycles. The van der Waals surface area contributed by atoms with E-state index in [2.05, 4.69) is 4.90 Å². The molecule has 0 atom stereocenters. The molecule has 2 N–H and O–H groups in total. The quantitative estimate of drug-likeness (QED) is 0.550. The number of hydrogen-bond acceptors (Lipinski definition) is 6. The highest BCUT2D eigenvalue weighted by Crippen LogP contribution is 2.37. The zero-order valence-electron chi connectivity index (χ0n) is 19.2. The summed E-state index contributed by atoms with van der Waals surface area (Å²) in [6.07, 6.45) is -5.08. The predicted octanol–water partition coefficient (Wildman–Crippen LogP) is 3.56. The van der Waals surface area contributed by atoms with Gasteiger partial charge in [0.15, 0.2) is 0 Å². The number of carboxylic acid groups (broad SMARTS) is 1. The van der Waals surface area contributed by atoms with E-state index in [9.17, 15) is 26.7 Å². The highest BCUT2D eigenvalue weighted by Gasteiger charge is 2.38. The maximum atomic E-state index is 13.5. The van der Waals surface area contributed by atoms with Crippen molar-refractivity contribution in [1.82, 2.24) is 8.87 Å². The van der Waals surface area contributed by atoms with Gasteiger partial charge < -0.3 is 14.9 Å².